The fourth-order valence-corrected chi connectivity index (χ4v) is 2.96. The van der Waals surface area contributed by atoms with Crippen LogP contribution in [0.25, 0.3) is 0 Å². The Hall–Kier alpha value is -1.30. The Labute approximate surface area is 128 Å². The molecule has 21 heavy (non-hydrogen) atoms. The predicted octanol–water partition coefficient (Wildman–Crippen LogP) is 2.33. The van der Waals surface area contributed by atoms with Gasteiger partial charge in [0.05, 0.1) is 20.3 Å². The number of rotatable bonds is 8. The zero-order valence-electron chi connectivity index (χ0n) is 14.1. The third-order valence-electron chi connectivity index (χ3n) is 4.19. The lowest BCUT2D eigenvalue weighted by molar-refractivity contribution is 0.0911. The van der Waals surface area contributed by atoms with E-state index in [4.69, 9.17) is 15.3 Å². The van der Waals surface area contributed by atoms with Gasteiger partial charge in [0.2, 0.25) is 0 Å². The highest BCUT2D eigenvalue weighted by Crippen LogP contribution is 2.35. The van der Waals surface area contributed by atoms with Crippen molar-refractivity contribution in [3.05, 3.63) is 23.8 Å². The molecule has 0 aromatic heterocycles. The smallest absolute Gasteiger partial charge is 0.161 e. The van der Waals surface area contributed by atoms with Gasteiger partial charge in [0, 0.05) is 5.54 Å². The Bertz CT molecular complexity index is 445. The molecule has 0 radical (unpaired) electrons. The molecule has 0 aliphatic heterocycles. The van der Waals surface area contributed by atoms with E-state index in [0.29, 0.717) is 5.75 Å². The second-order valence-electron chi connectivity index (χ2n) is 5.54. The van der Waals surface area contributed by atoms with Gasteiger partial charge in [-0.15, -0.1) is 0 Å². The van der Waals surface area contributed by atoms with E-state index in [2.05, 4.69) is 38.0 Å². The minimum atomic E-state index is -0.127. The maximum atomic E-state index is 5.85. The van der Waals surface area contributed by atoms with E-state index < -0.39 is 0 Å². The summed E-state index contributed by atoms with van der Waals surface area (Å²) in [6, 6.07) is 5.90. The molecule has 0 saturated carbocycles. The fraction of sp³-hybridized carbons (Fsp3) is 0.625. The van der Waals surface area contributed by atoms with E-state index in [0.717, 1.165) is 24.4 Å². The van der Waals surface area contributed by atoms with Crippen LogP contribution in [0.15, 0.2) is 18.2 Å². The normalized spacial score (nSPS) is 13.3. The number of hydrazine groups is 1. The molecule has 0 heterocycles. The largest absolute Gasteiger partial charge is 0.493 e. The Morgan fingerprint density at radius 3 is 2.14 bits per heavy atom. The first-order chi connectivity index (χ1) is 9.95. The molecular weight excluding hydrogens is 266 g/mol. The molecule has 5 heteroatoms. The maximum Gasteiger partial charge on any atom is 0.161 e. The molecule has 0 saturated heterocycles. The van der Waals surface area contributed by atoms with Crippen molar-refractivity contribution in [1.29, 1.82) is 0 Å². The molecule has 0 bridgehead atoms. The third kappa shape index (κ3) is 3.67. The second-order valence-corrected chi connectivity index (χ2v) is 5.54. The van der Waals surface area contributed by atoms with Gasteiger partial charge < -0.3 is 9.47 Å². The highest BCUT2D eigenvalue weighted by Gasteiger charge is 2.34. The molecule has 0 fully saturated rings. The zero-order valence-corrected chi connectivity index (χ0v) is 14.1. The number of nitrogens with one attached hydrogen (secondary N) is 1. The average Bonchev–Trinajstić information content (AvgIpc) is 2.48. The van der Waals surface area contributed by atoms with Gasteiger partial charge in [0.25, 0.3) is 0 Å². The number of likely N-dealkylation sites (N-methyl/N-ethyl adjacent to an activating group) is 1. The van der Waals surface area contributed by atoms with Crippen molar-refractivity contribution >= 4 is 0 Å². The molecular formula is C16H29N3O2. The third-order valence-corrected chi connectivity index (χ3v) is 4.19. The van der Waals surface area contributed by atoms with Crippen LogP contribution in [-0.2, 0) is 0 Å². The monoisotopic (exact) mass is 295 g/mol. The molecule has 0 amide bonds. The van der Waals surface area contributed by atoms with Crippen LogP contribution >= 0.6 is 0 Å². The molecule has 1 aromatic carbocycles. The molecule has 5 nitrogen and oxygen atoms in total. The standard InChI is InChI=1S/C16H29N3O2/c1-7-19(8-2)16(3,4)15(18-17)12-9-10-13(20-5)14(11-12)21-6/h9-11,15,18H,7-8,17H2,1-6H3. The summed E-state index contributed by atoms with van der Waals surface area (Å²) >= 11 is 0. The summed E-state index contributed by atoms with van der Waals surface area (Å²) < 4.78 is 10.7. The van der Waals surface area contributed by atoms with Crippen LogP contribution in [0.3, 0.4) is 0 Å². The minimum Gasteiger partial charge on any atom is -0.493 e. The van der Waals surface area contributed by atoms with Crippen LogP contribution < -0.4 is 20.7 Å². The summed E-state index contributed by atoms with van der Waals surface area (Å²) in [5, 5.41) is 0. The van der Waals surface area contributed by atoms with Crippen LogP contribution in [0.4, 0.5) is 0 Å². The Morgan fingerprint density at radius 2 is 1.71 bits per heavy atom. The van der Waals surface area contributed by atoms with Gasteiger partial charge >= 0.3 is 0 Å². The van der Waals surface area contributed by atoms with Gasteiger partial charge in [-0.05, 0) is 44.6 Å². The highest BCUT2D eigenvalue weighted by molar-refractivity contribution is 5.44. The number of nitrogens with two attached hydrogens (primary N) is 1. The molecule has 3 N–H and O–H groups in total. The van der Waals surface area contributed by atoms with Gasteiger partial charge in [0.1, 0.15) is 0 Å². The van der Waals surface area contributed by atoms with Crippen LogP contribution in [0.5, 0.6) is 11.5 Å². The highest BCUT2D eigenvalue weighted by atomic mass is 16.5. The summed E-state index contributed by atoms with van der Waals surface area (Å²) in [5.41, 5.74) is 3.91. The van der Waals surface area contributed by atoms with E-state index in [9.17, 15) is 0 Å². The number of hydrogen-bond donors (Lipinski definition) is 2. The molecule has 0 aliphatic carbocycles. The fourth-order valence-electron chi connectivity index (χ4n) is 2.96. The van der Waals surface area contributed by atoms with E-state index >= 15 is 0 Å². The van der Waals surface area contributed by atoms with Crippen LogP contribution in [0, 0.1) is 0 Å². The summed E-state index contributed by atoms with van der Waals surface area (Å²) in [6.45, 7) is 10.6. The molecule has 1 unspecified atom stereocenters. The SMILES string of the molecule is CCN(CC)C(C)(C)C(NN)c1ccc(OC)c(OC)c1. The minimum absolute atomic E-state index is 0.0165. The van der Waals surface area contributed by atoms with Gasteiger partial charge in [-0.3, -0.25) is 16.2 Å². The first-order valence-corrected chi connectivity index (χ1v) is 7.39. The summed E-state index contributed by atoms with van der Waals surface area (Å²) in [7, 11) is 3.28. The molecule has 120 valence electrons. The summed E-state index contributed by atoms with van der Waals surface area (Å²) in [6.07, 6.45) is 0. The van der Waals surface area contributed by atoms with Crippen molar-refractivity contribution in [3.8, 4) is 11.5 Å². The number of hydrogen-bond acceptors (Lipinski definition) is 5. The summed E-state index contributed by atoms with van der Waals surface area (Å²) in [5.74, 6) is 7.29. The molecule has 1 aromatic rings. The predicted molar refractivity (Wildman–Crippen MR) is 86.6 cm³/mol. The van der Waals surface area contributed by atoms with E-state index in [-0.39, 0.29) is 11.6 Å². The van der Waals surface area contributed by atoms with Crippen LogP contribution in [0.1, 0.15) is 39.3 Å². The number of ether oxygens (including phenoxy) is 2. The van der Waals surface area contributed by atoms with Gasteiger partial charge in [-0.25, -0.2) is 0 Å². The number of methoxy groups -OCH3 is 2. The Morgan fingerprint density at radius 1 is 1.14 bits per heavy atom. The first kappa shape index (κ1) is 17.8. The van der Waals surface area contributed by atoms with Crippen LogP contribution in [0.2, 0.25) is 0 Å². The second kappa shape index (κ2) is 7.64. The Balaban J connectivity index is 3.20. The zero-order chi connectivity index (χ0) is 16.0. The molecule has 1 rings (SSSR count). The summed E-state index contributed by atoms with van der Waals surface area (Å²) in [4.78, 5) is 2.38. The lowest BCUT2D eigenvalue weighted by atomic mass is 9.87. The lowest BCUT2D eigenvalue weighted by Gasteiger charge is -2.43. The van der Waals surface area contributed by atoms with Crippen molar-refractivity contribution < 1.29 is 9.47 Å². The van der Waals surface area contributed by atoms with Gasteiger partial charge in [0.15, 0.2) is 11.5 Å². The average molecular weight is 295 g/mol. The van der Waals surface area contributed by atoms with Gasteiger partial charge in [-0.1, -0.05) is 19.9 Å². The first-order valence-electron chi connectivity index (χ1n) is 7.39. The number of nitrogens with zero attached hydrogens (tertiary/aromatic N) is 1. The van der Waals surface area contributed by atoms with Crippen molar-refractivity contribution in [1.82, 2.24) is 10.3 Å². The van der Waals surface area contributed by atoms with E-state index in [1.807, 2.05) is 18.2 Å². The molecule has 0 spiro atoms. The molecule has 1 atom stereocenters. The Kier molecular flexibility index (Phi) is 6.45. The van der Waals surface area contributed by atoms with E-state index in [1.165, 1.54) is 0 Å². The van der Waals surface area contributed by atoms with Crippen molar-refractivity contribution in [2.24, 2.45) is 5.84 Å². The topological polar surface area (TPSA) is 59.8 Å². The van der Waals surface area contributed by atoms with Crippen molar-refractivity contribution in [3.63, 3.8) is 0 Å². The molecule has 0 aliphatic rings. The van der Waals surface area contributed by atoms with Gasteiger partial charge in [-0.2, -0.15) is 0 Å². The van der Waals surface area contributed by atoms with Crippen LogP contribution in [-0.4, -0.2) is 37.7 Å². The maximum absolute atomic E-state index is 5.85. The lowest BCUT2D eigenvalue weighted by Crippen LogP contribution is -2.54. The van der Waals surface area contributed by atoms with Crippen molar-refractivity contribution in [2.45, 2.75) is 39.3 Å². The number of benzene rings is 1. The van der Waals surface area contributed by atoms with E-state index in [1.54, 1.807) is 14.2 Å². The quantitative estimate of drug-likeness (QED) is 0.569. The van der Waals surface area contributed by atoms with Crippen molar-refractivity contribution in [2.75, 3.05) is 27.3 Å².